The Bertz CT molecular complexity index is 805. The molecule has 1 unspecified atom stereocenters. The Morgan fingerprint density at radius 2 is 2.00 bits per heavy atom. The number of aromatic nitrogens is 2. The summed E-state index contributed by atoms with van der Waals surface area (Å²) in [6.07, 6.45) is 2.80. The number of para-hydroxylation sites is 1. The first-order valence-corrected chi connectivity index (χ1v) is 7.45. The molecule has 114 valence electrons. The first-order valence-electron chi connectivity index (χ1n) is 7.45. The summed E-state index contributed by atoms with van der Waals surface area (Å²) in [6, 6.07) is 12.1. The van der Waals surface area contributed by atoms with Crippen LogP contribution in [0.3, 0.4) is 0 Å². The van der Waals surface area contributed by atoms with E-state index in [2.05, 4.69) is 29.7 Å². The molecule has 0 fully saturated rings. The summed E-state index contributed by atoms with van der Waals surface area (Å²) in [4.78, 5) is 4.77. The molecule has 0 bridgehead atoms. The third kappa shape index (κ3) is 2.57. The number of pyridine rings is 1. The zero-order valence-corrected chi connectivity index (χ0v) is 13.2. The third-order valence-corrected chi connectivity index (χ3v) is 3.86. The highest BCUT2D eigenvalue weighted by molar-refractivity contribution is 5.47. The van der Waals surface area contributed by atoms with Gasteiger partial charge >= 0.3 is 0 Å². The van der Waals surface area contributed by atoms with Crippen molar-refractivity contribution in [2.45, 2.75) is 26.3 Å². The van der Waals surface area contributed by atoms with E-state index >= 15 is 0 Å². The van der Waals surface area contributed by atoms with E-state index in [-0.39, 0.29) is 6.04 Å². The minimum absolute atomic E-state index is 0.0819. The molecule has 4 nitrogen and oxygen atoms in total. The lowest BCUT2D eigenvalue weighted by molar-refractivity contribution is 0.410. The van der Waals surface area contributed by atoms with Crippen molar-refractivity contribution in [1.29, 1.82) is 0 Å². The second-order valence-corrected chi connectivity index (χ2v) is 5.66. The van der Waals surface area contributed by atoms with Gasteiger partial charge in [-0.2, -0.15) is 0 Å². The van der Waals surface area contributed by atoms with Gasteiger partial charge < -0.3 is 14.9 Å². The number of aryl methyl sites for hydroxylation is 1. The average Bonchev–Trinajstić information content (AvgIpc) is 2.85. The van der Waals surface area contributed by atoms with Crippen molar-refractivity contribution in [3.63, 3.8) is 0 Å². The number of nitrogens with zero attached hydrogens (tertiary/aromatic N) is 2. The molecule has 1 aromatic carbocycles. The minimum Gasteiger partial charge on any atom is -0.496 e. The van der Waals surface area contributed by atoms with Crippen LogP contribution >= 0.6 is 0 Å². The quantitative estimate of drug-likeness (QED) is 0.803. The smallest absolute Gasteiger partial charge is 0.137 e. The zero-order valence-electron chi connectivity index (χ0n) is 13.2. The average molecular weight is 295 g/mol. The standard InChI is InChI=1S/C18H21N3O/c1-12-8-9-17-20-15(18(13(2)19)21(17)11-12)10-14-6-4-5-7-16(14)22-3/h4-9,11,13H,10,19H2,1-3H3. The fourth-order valence-corrected chi connectivity index (χ4v) is 2.86. The molecule has 3 aromatic rings. The number of hydrogen-bond acceptors (Lipinski definition) is 3. The molecule has 0 radical (unpaired) electrons. The van der Waals surface area contributed by atoms with E-state index in [9.17, 15) is 0 Å². The van der Waals surface area contributed by atoms with Gasteiger partial charge in [0, 0.05) is 24.2 Å². The maximum absolute atomic E-state index is 6.21. The van der Waals surface area contributed by atoms with Gasteiger partial charge in [-0.15, -0.1) is 0 Å². The summed E-state index contributed by atoms with van der Waals surface area (Å²) in [5, 5.41) is 0. The van der Waals surface area contributed by atoms with Crippen LogP contribution in [0.5, 0.6) is 5.75 Å². The zero-order chi connectivity index (χ0) is 15.7. The number of nitrogens with two attached hydrogens (primary N) is 1. The highest BCUT2D eigenvalue weighted by Gasteiger charge is 2.17. The first-order chi connectivity index (χ1) is 10.6. The molecule has 0 saturated heterocycles. The molecule has 3 rings (SSSR count). The molecular weight excluding hydrogens is 274 g/mol. The van der Waals surface area contributed by atoms with Gasteiger partial charge in [-0.05, 0) is 31.5 Å². The van der Waals surface area contributed by atoms with Crippen molar-refractivity contribution in [3.05, 3.63) is 65.1 Å². The third-order valence-electron chi connectivity index (χ3n) is 3.86. The lowest BCUT2D eigenvalue weighted by Gasteiger charge is -2.11. The van der Waals surface area contributed by atoms with E-state index in [1.807, 2.05) is 31.2 Å². The van der Waals surface area contributed by atoms with Gasteiger partial charge in [-0.25, -0.2) is 4.98 Å². The predicted octanol–water partition coefficient (Wildman–Crippen LogP) is 3.26. The van der Waals surface area contributed by atoms with Crippen molar-refractivity contribution in [2.75, 3.05) is 7.11 Å². The van der Waals surface area contributed by atoms with Crippen LogP contribution in [0.25, 0.3) is 5.65 Å². The second kappa shape index (κ2) is 5.81. The van der Waals surface area contributed by atoms with Crippen molar-refractivity contribution in [1.82, 2.24) is 9.38 Å². The van der Waals surface area contributed by atoms with E-state index in [0.29, 0.717) is 6.42 Å². The van der Waals surface area contributed by atoms with Crippen LogP contribution in [0.15, 0.2) is 42.6 Å². The number of hydrogen-bond donors (Lipinski definition) is 1. The van der Waals surface area contributed by atoms with Crippen LogP contribution in [0.1, 0.15) is 35.5 Å². The van der Waals surface area contributed by atoms with Crippen LogP contribution in [0, 0.1) is 6.92 Å². The number of benzene rings is 1. The molecule has 0 aliphatic carbocycles. The number of methoxy groups -OCH3 is 1. The van der Waals surface area contributed by atoms with Crippen LogP contribution in [0.4, 0.5) is 0 Å². The Morgan fingerprint density at radius 3 is 2.73 bits per heavy atom. The molecule has 4 heteroatoms. The Balaban J connectivity index is 2.12. The van der Waals surface area contributed by atoms with Gasteiger partial charge in [-0.3, -0.25) is 0 Å². The van der Waals surface area contributed by atoms with Crippen LogP contribution in [-0.4, -0.2) is 16.5 Å². The highest BCUT2D eigenvalue weighted by Crippen LogP contribution is 2.25. The van der Waals surface area contributed by atoms with Crippen LogP contribution < -0.4 is 10.5 Å². The summed E-state index contributed by atoms with van der Waals surface area (Å²) < 4.78 is 7.55. The summed E-state index contributed by atoms with van der Waals surface area (Å²) in [5.41, 5.74) is 11.5. The second-order valence-electron chi connectivity index (χ2n) is 5.66. The normalized spacial score (nSPS) is 12.5. The van der Waals surface area contributed by atoms with E-state index < -0.39 is 0 Å². The molecule has 0 saturated carbocycles. The molecule has 2 N–H and O–H groups in total. The Hall–Kier alpha value is -2.33. The summed E-state index contributed by atoms with van der Waals surface area (Å²) >= 11 is 0. The van der Waals surface area contributed by atoms with Crippen LogP contribution in [0.2, 0.25) is 0 Å². The van der Waals surface area contributed by atoms with E-state index in [4.69, 9.17) is 15.5 Å². The minimum atomic E-state index is -0.0819. The number of ether oxygens (including phenoxy) is 1. The number of imidazole rings is 1. The van der Waals surface area contributed by atoms with E-state index in [0.717, 1.165) is 28.3 Å². The van der Waals surface area contributed by atoms with Crippen LogP contribution in [-0.2, 0) is 6.42 Å². The van der Waals surface area contributed by atoms with Crippen molar-refractivity contribution >= 4 is 5.65 Å². The highest BCUT2D eigenvalue weighted by atomic mass is 16.5. The maximum Gasteiger partial charge on any atom is 0.137 e. The molecule has 0 aliphatic rings. The largest absolute Gasteiger partial charge is 0.496 e. The first kappa shape index (κ1) is 14.6. The van der Waals surface area contributed by atoms with E-state index in [1.165, 1.54) is 5.56 Å². The van der Waals surface area contributed by atoms with Gasteiger partial charge in [0.25, 0.3) is 0 Å². The maximum atomic E-state index is 6.21. The lowest BCUT2D eigenvalue weighted by atomic mass is 10.1. The Kier molecular flexibility index (Phi) is 3.86. The molecular formula is C18H21N3O. The summed E-state index contributed by atoms with van der Waals surface area (Å²) in [5.74, 6) is 0.881. The van der Waals surface area contributed by atoms with Gasteiger partial charge in [0.15, 0.2) is 0 Å². The van der Waals surface area contributed by atoms with Crippen molar-refractivity contribution < 1.29 is 4.74 Å². The molecule has 0 amide bonds. The lowest BCUT2D eigenvalue weighted by Crippen LogP contribution is -2.11. The molecule has 22 heavy (non-hydrogen) atoms. The van der Waals surface area contributed by atoms with Gasteiger partial charge in [0.2, 0.25) is 0 Å². The van der Waals surface area contributed by atoms with Gasteiger partial charge in [0.1, 0.15) is 11.4 Å². The molecule has 2 heterocycles. The number of rotatable bonds is 4. The van der Waals surface area contributed by atoms with Gasteiger partial charge in [0.05, 0.1) is 18.5 Å². The topological polar surface area (TPSA) is 52.5 Å². The summed E-state index contributed by atoms with van der Waals surface area (Å²) in [7, 11) is 1.69. The molecule has 2 aromatic heterocycles. The molecule has 0 aliphatic heterocycles. The summed E-state index contributed by atoms with van der Waals surface area (Å²) in [6.45, 7) is 4.07. The SMILES string of the molecule is COc1ccccc1Cc1nc2ccc(C)cn2c1C(C)N. The van der Waals surface area contributed by atoms with Crippen molar-refractivity contribution in [3.8, 4) is 5.75 Å². The molecule has 1 atom stereocenters. The van der Waals surface area contributed by atoms with E-state index in [1.54, 1.807) is 7.11 Å². The van der Waals surface area contributed by atoms with Gasteiger partial charge in [-0.1, -0.05) is 24.3 Å². The fraction of sp³-hybridized carbons (Fsp3) is 0.278. The Morgan fingerprint density at radius 1 is 1.23 bits per heavy atom. The Labute approximate surface area is 130 Å². The predicted molar refractivity (Wildman–Crippen MR) is 88.3 cm³/mol. The fourth-order valence-electron chi connectivity index (χ4n) is 2.86. The number of fused-ring (bicyclic) bond motifs is 1. The molecule has 0 spiro atoms. The monoisotopic (exact) mass is 295 g/mol. The van der Waals surface area contributed by atoms with Crippen molar-refractivity contribution in [2.24, 2.45) is 5.73 Å².